The molecule has 18 heavy (non-hydrogen) atoms. The van der Waals surface area contributed by atoms with Crippen molar-refractivity contribution in [3.8, 4) is 5.75 Å². The summed E-state index contributed by atoms with van der Waals surface area (Å²) in [4.78, 5) is 0. The molecule has 0 aliphatic rings. The Morgan fingerprint density at radius 2 is 1.94 bits per heavy atom. The summed E-state index contributed by atoms with van der Waals surface area (Å²) in [5, 5.41) is 19.5. The molecule has 0 bridgehead atoms. The molecule has 0 aromatic heterocycles. The van der Waals surface area contributed by atoms with Crippen molar-refractivity contribution in [2.24, 2.45) is 0 Å². The van der Waals surface area contributed by atoms with Gasteiger partial charge in [0.2, 0.25) is 0 Å². The average Bonchev–Trinajstić information content (AvgIpc) is 2.37. The molecule has 0 saturated heterocycles. The quantitative estimate of drug-likeness (QED) is 0.848. The van der Waals surface area contributed by atoms with Crippen LogP contribution in [0.5, 0.6) is 5.75 Å². The SMILES string of the molecule is CCC(O)C(O)CC(C)c1cc(Br)ccc1OC. The minimum absolute atomic E-state index is 0.119. The molecule has 0 amide bonds. The highest BCUT2D eigenvalue weighted by molar-refractivity contribution is 9.10. The summed E-state index contributed by atoms with van der Waals surface area (Å²) in [6.07, 6.45) is -0.287. The molecule has 0 aliphatic heterocycles. The maximum atomic E-state index is 9.88. The molecule has 102 valence electrons. The molecular formula is C14H21BrO3. The maximum absolute atomic E-state index is 9.88. The molecule has 0 fully saturated rings. The van der Waals surface area contributed by atoms with Gasteiger partial charge < -0.3 is 14.9 Å². The van der Waals surface area contributed by atoms with Crippen LogP contribution in [-0.2, 0) is 0 Å². The minimum atomic E-state index is -0.700. The van der Waals surface area contributed by atoms with Gasteiger partial charge in [-0.1, -0.05) is 29.8 Å². The van der Waals surface area contributed by atoms with Crippen LogP contribution in [0.4, 0.5) is 0 Å². The van der Waals surface area contributed by atoms with E-state index in [1.807, 2.05) is 32.0 Å². The van der Waals surface area contributed by atoms with Gasteiger partial charge in [-0.2, -0.15) is 0 Å². The Balaban J connectivity index is 2.83. The van der Waals surface area contributed by atoms with E-state index in [9.17, 15) is 10.2 Å². The molecule has 0 saturated carbocycles. The summed E-state index contributed by atoms with van der Waals surface area (Å²) < 4.78 is 6.31. The summed E-state index contributed by atoms with van der Waals surface area (Å²) in [5.74, 6) is 0.928. The van der Waals surface area contributed by atoms with Gasteiger partial charge in [0.1, 0.15) is 5.75 Å². The zero-order valence-electron chi connectivity index (χ0n) is 11.1. The van der Waals surface area contributed by atoms with Gasteiger partial charge in [0.25, 0.3) is 0 Å². The van der Waals surface area contributed by atoms with Gasteiger partial charge in [-0.15, -0.1) is 0 Å². The predicted octanol–water partition coefficient (Wildman–Crippen LogP) is 3.08. The van der Waals surface area contributed by atoms with Crippen molar-refractivity contribution in [1.29, 1.82) is 0 Å². The maximum Gasteiger partial charge on any atom is 0.122 e. The highest BCUT2D eigenvalue weighted by atomic mass is 79.9. The number of hydrogen-bond donors (Lipinski definition) is 2. The third-order valence-electron chi connectivity index (χ3n) is 3.18. The number of hydrogen-bond acceptors (Lipinski definition) is 3. The smallest absolute Gasteiger partial charge is 0.122 e. The van der Waals surface area contributed by atoms with E-state index in [-0.39, 0.29) is 5.92 Å². The lowest BCUT2D eigenvalue weighted by molar-refractivity contribution is 0.00943. The van der Waals surface area contributed by atoms with E-state index in [2.05, 4.69) is 15.9 Å². The molecule has 3 unspecified atom stereocenters. The summed E-state index contributed by atoms with van der Waals surface area (Å²) in [7, 11) is 1.64. The van der Waals surface area contributed by atoms with Crippen LogP contribution in [-0.4, -0.2) is 29.5 Å². The molecule has 0 aliphatic carbocycles. The van der Waals surface area contributed by atoms with Crippen LogP contribution < -0.4 is 4.74 Å². The monoisotopic (exact) mass is 316 g/mol. The number of methoxy groups -OCH3 is 1. The number of benzene rings is 1. The van der Waals surface area contributed by atoms with Crippen molar-refractivity contribution in [3.63, 3.8) is 0 Å². The standard InChI is InChI=1S/C14H21BrO3/c1-4-12(16)13(17)7-9(2)11-8-10(15)5-6-14(11)18-3/h5-6,8-9,12-13,16-17H,4,7H2,1-3H3. The van der Waals surface area contributed by atoms with Crippen LogP contribution in [0.3, 0.4) is 0 Å². The number of ether oxygens (including phenoxy) is 1. The van der Waals surface area contributed by atoms with Crippen LogP contribution in [0.2, 0.25) is 0 Å². The van der Waals surface area contributed by atoms with E-state index in [4.69, 9.17) is 4.74 Å². The molecule has 3 atom stereocenters. The van der Waals surface area contributed by atoms with Crippen molar-refractivity contribution in [2.75, 3.05) is 7.11 Å². The second-order valence-electron chi connectivity index (χ2n) is 4.57. The number of aliphatic hydroxyl groups excluding tert-OH is 2. The van der Waals surface area contributed by atoms with Gasteiger partial charge in [0.05, 0.1) is 19.3 Å². The summed E-state index contributed by atoms with van der Waals surface area (Å²) in [5.41, 5.74) is 1.04. The van der Waals surface area contributed by atoms with Crippen LogP contribution in [0.15, 0.2) is 22.7 Å². The topological polar surface area (TPSA) is 49.7 Å². The Morgan fingerprint density at radius 3 is 2.50 bits per heavy atom. The predicted molar refractivity (Wildman–Crippen MR) is 76.0 cm³/mol. The molecule has 1 rings (SSSR count). The molecule has 4 heteroatoms. The molecular weight excluding hydrogens is 296 g/mol. The van der Waals surface area contributed by atoms with E-state index in [1.54, 1.807) is 7.11 Å². The lowest BCUT2D eigenvalue weighted by atomic mass is 9.92. The highest BCUT2D eigenvalue weighted by Crippen LogP contribution is 2.32. The van der Waals surface area contributed by atoms with Gasteiger partial charge in [-0.3, -0.25) is 0 Å². The molecule has 0 radical (unpaired) electrons. The Bertz CT molecular complexity index is 381. The number of aliphatic hydroxyl groups is 2. The fourth-order valence-corrected chi connectivity index (χ4v) is 2.39. The normalized spacial score (nSPS) is 16.1. The second-order valence-corrected chi connectivity index (χ2v) is 5.48. The fourth-order valence-electron chi connectivity index (χ4n) is 2.01. The van der Waals surface area contributed by atoms with Gasteiger partial charge >= 0.3 is 0 Å². The zero-order valence-corrected chi connectivity index (χ0v) is 12.6. The third kappa shape index (κ3) is 3.97. The van der Waals surface area contributed by atoms with Crippen LogP contribution in [0, 0.1) is 0 Å². The van der Waals surface area contributed by atoms with Crippen molar-refractivity contribution >= 4 is 15.9 Å². The third-order valence-corrected chi connectivity index (χ3v) is 3.67. The molecule has 0 heterocycles. The number of rotatable bonds is 6. The molecule has 3 nitrogen and oxygen atoms in total. The van der Waals surface area contributed by atoms with E-state index in [1.165, 1.54) is 0 Å². The van der Waals surface area contributed by atoms with Crippen LogP contribution in [0.1, 0.15) is 38.2 Å². The molecule has 1 aromatic rings. The second kappa shape index (κ2) is 7.12. The Kier molecular flexibility index (Phi) is 6.12. The van der Waals surface area contributed by atoms with E-state index in [0.717, 1.165) is 15.8 Å². The summed E-state index contributed by atoms with van der Waals surface area (Å²) in [6.45, 7) is 3.88. The van der Waals surface area contributed by atoms with E-state index < -0.39 is 12.2 Å². The van der Waals surface area contributed by atoms with Gasteiger partial charge in [-0.25, -0.2) is 0 Å². The Labute approximate surface area is 117 Å². The zero-order chi connectivity index (χ0) is 13.7. The van der Waals surface area contributed by atoms with Crippen molar-refractivity contribution in [3.05, 3.63) is 28.2 Å². The van der Waals surface area contributed by atoms with Crippen molar-refractivity contribution in [2.45, 2.75) is 44.8 Å². The number of halogens is 1. The fraction of sp³-hybridized carbons (Fsp3) is 0.571. The highest BCUT2D eigenvalue weighted by Gasteiger charge is 2.20. The first-order valence-electron chi connectivity index (χ1n) is 6.19. The first kappa shape index (κ1) is 15.5. The average molecular weight is 317 g/mol. The largest absolute Gasteiger partial charge is 0.496 e. The van der Waals surface area contributed by atoms with Gasteiger partial charge in [0.15, 0.2) is 0 Å². The first-order chi connectivity index (χ1) is 8.49. The molecule has 2 N–H and O–H groups in total. The van der Waals surface area contributed by atoms with Crippen LogP contribution in [0.25, 0.3) is 0 Å². The lowest BCUT2D eigenvalue weighted by Gasteiger charge is -2.22. The Morgan fingerprint density at radius 1 is 1.28 bits per heavy atom. The summed E-state index contributed by atoms with van der Waals surface area (Å²) >= 11 is 3.44. The van der Waals surface area contributed by atoms with Crippen molar-refractivity contribution < 1.29 is 14.9 Å². The first-order valence-corrected chi connectivity index (χ1v) is 6.98. The van der Waals surface area contributed by atoms with Crippen molar-refractivity contribution in [1.82, 2.24) is 0 Å². The van der Waals surface area contributed by atoms with E-state index >= 15 is 0 Å². The minimum Gasteiger partial charge on any atom is -0.496 e. The molecule has 0 spiro atoms. The van der Waals surface area contributed by atoms with Gasteiger partial charge in [-0.05, 0) is 42.5 Å². The van der Waals surface area contributed by atoms with E-state index in [0.29, 0.717) is 12.8 Å². The molecule has 1 aromatic carbocycles. The lowest BCUT2D eigenvalue weighted by Crippen LogP contribution is -2.26. The van der Waals surface area contributed by atoms with Crippen LogP contribution >= 0.6 is 15.9 Å². The van der Waals surface area contributed by atoms with Gasteiger partial charge in [0, 0.05) is 4.47 Å². The Hall–Kier alpha value is -0.580. The summed E-state index contributed by atoms with van der Waals surface area (Å²) in [6, 6.07) is 5.82.